The minimum Gasteiger partial charge on any atom is -0.496 e. The van der Waals surface area contributed by atoms with Crippen molar-refractivity contribution in [2.24, 2.45) is 0 Å². The van der Waals surface area contributed by atoms with Crippen LogP contribution in [0.1, 0.15) is 29.2 Å². The number of hydrogen-bond donors (Lipinski definition) is 1. The zero-order chi connectivity index (χ0) is 19.8. The molecule has 5 nitrogen and oxygen atoms in total. The standard InChI is InChI=1S/C23H30N2O3/c1-18-7-9-19(10-8-18)21(25-13-15-28-16-14-25)17-24-23(26)12-11-20-5-3-4-6-22(20)27-2/h3-10,21H,11-17H2,1-2H3,(H,24,26). The fourth-order valence-corrected chi connectivity index (χ4v) is 3.59. The number of ether oxygens (including phenoxy) is 2. The molecule has 2 aromatic carbocycles. The molecule has 5 heteroatoms. The third-order valence-electron chi connectivity index (χ3n) is 5.26. The highest BCUT2D eigenvalue weighted by Crippen LogP contribution is 2.22. The maximum Gasteiger partial charge on any atom is 0.220 e. The van der Waals surface area contributed by atoms with Crippen molar-refractivity contribution in [3.8, 4) is 5.75 Å². The predicted molar refractivity (Wildman–Crippen MR) is 111 cm³/mol. The van der Waals surface area contributed by atoms with E-state index in [1.807, 2.05) is 24.3 Å². The summed E-state index contributed by atoms with van der Waals surface area (Å²) in [6.07, 6.45) is 1.12. The summed E-state index contributed by atoms with van der Waals surface area (Å²) in [5, 5.41) is 3.14. The average Bonchev–Trinajstić information content (AvgIpc) is 2.74. The van der Waals surface area contributed by atoms with Gasteiger partial charge >= 0.3 is 0 Å². The maximum atomic E-state index is 12.5. The van der Waals surface area contributed by atoms with Gasteiger partial charge in [-0.15, -0.1) is 0 Å². The molecule has 28 heavy (non-hydrogen) atoms. The number of hydrogen-bond acceptors (Lipinski definition) is 4. The van der Waals surface area contributed by atoms with Gasteiger partial charge < -0.3 is 14.8 Å². The lowest BCUT2D eigenvalue weighted by atomic mass is 10.0. The minimum atomic E-state index is 0.0660. The maximum absolute atomic E-state index is 12.5. The van der Waals surface area contributed by atoms with Gasteiger partial charge in [-0.25, -0.2) is 0 Å². The van der Waals surface area contributed by atoms with Crippen LogP contribution >= 0.6 is 0 Å². The Morgan fingerprint density at radius 1 is 1.14 bits per heavy atom. The van der Waals surface area contributed by atoms with E-state index in [4.69, 9.17) is 9.47 Å². The summed E-state index contributed by atoms with van der Waals surface area (Å²) in [5.41, 5.74) is 3.53. The summed E-state index contributed by atoms with van der Waals surface area (Å²) in [4.78, 5) is 14.9. The summed E-state index contributed by atoms with van der Waals surface area (Å²) in [6, 6.07) is 16.6. The van der Waals surface area contributed by atoms with E-state index in [0.29, 0.717) is 19.4 Å². The molecule has 1 N–H and O–H groups in total. The van der Waals surface area contributed by atoms with E-state index in [1.54, 1.807) is 7.11 Å². The van der Waals surface area contributed by atoms with Crippen molar-refractivity contribution in [1.82, 2.24) is 10.2 Å². The van der Waals surface area contributed by atoms with Gasteiger partial charge in [-0.2, -0.15) is 0 Å². The number of amides is 1. The fraction of sp³-hybridized carbons (Fsp3) is 0.435. The number of nitrogens with zero attached hydrogens (tertiary/aromatic N) is 1. The van der Waals surface area contributed by atoms with Crippen LogP contribution in [0.15, 0.2) is 48.5 Å². The molecule has 3 rings (SSSR count). The van der Waals surface area contributed by atoms with Gasteiger partial charge in [0.05, 0.1) is 26.4 Å². The molecule has 0 saturated carbocycles. The molecule has 1 unspecified atom stereocenters. The van der Waals surface area contributed by atoms with Crippen molar-refractivity contribution in [2.45, 2.75) is 25.8 Å². The number of para-hydroxylation sites is 1. The number of benzene rings is 2. The Hall–Kier alpha value is -2.37. The number of aryl methyl sites for hydroxylation is 2. The van der Waals surface area contributed by atoms with E-state index in [9.17, 15) is 4.79 Å². The highest BCUT2D eigenvalue weighted by Gasteiger charge is 2.23. The van der Waals surface area contributed by atoms with Crippen molar-refractivity contribution in [1.29, 1.82) is 0 Å². The van der Waals surface area contributed by atoms with Crippen LogP contribution in [0.3, 0.4) is 0 Å². The van der Waals surface area contributed by atoms with Crippen LogP contribution in [0.5, 0.6) is 5.75 Å². The molecule has 1 saturated heterocycles. The Morgan fingerprint density at radius 2 is 1.86 bits per heavy atom. The zero-order valence-electron chi connectivity index (χ0n) is 16.8. The van der Waals surface area contributed by atoms with Gasteiger partial charge in [0.25, 0.3) is 0 Å². The van der Waals surface area contributed by atoms with Crippen molar-refractivity contribution in [3.63, 3.8) is 0 Å². The van der Waals surface area contributed by atoms with Gasteiger partial charge in [0.2, 0.25) is 5.91 Å². The summed E-state index contributed by atoms with van der Waals surface area (Å²) >= 11 is 0. The van der Waals surface area contributed by atoms with Crippen LogP contribution in [0.4, 0.5) is 0 Å². The monoisotopic (exact) mass is 382 g/mol. The third-order valence-corrected chi connectivity index (χ3v) is 5.26. The van der Waals surface area contributed by atoms with Crippen LogP contribution in [0.2, 0.25) is 0 Å². The summed E-state index contributed by atoms with van der Waals surface area (Å²) in [5.74, 6) is 0.900. The highest BCUT2D eigenvalue weighted by atomic mass is 16.5. The lowest BCUT2D eigenvalue weighted by Gasteiger charge is -2.35. The number of methoxy groups -OCH3 is 1. The molecule has 0 radical (unpaired) electrons. The van der Waals surface area contributed by atoms with Gasteiger partial charge in [-0.1, -0.05) is 48.0 Å². The lowest BCUT2D eigenvalue weighted by Crippen LogP contribution is -2.43. The molecule has 1 heterocycles. The molecule has 1 aliphatic rings. The normalized spacial score (nSPS) is 15.8. The summed E-state index contributed by atoms with van der Waals surface area (Å²) in [7, 11) is 1.66. The molecule has 0 bridgehead atoms. The van der Waals surface area contributed by atoms with E-state index < -0.39 is 0 Å². The topological polar surface area (TPSA) is 50.8 Å². The first-order valence-corrected chi connectivity index (χ1v) is 9.94. The molecular weight excluding hydrogens is 352 g/mol. The lowest BCUT2D eigenvalue weighted by molar-refractivity contribution is -0.121. The molecule has 150 valence electrons. The molecule has 1 aliphatic heterocycles. The van der Waals surface area contributed by atoms with Crippen LogP contribution in [-0.4, -0.2) is 50.8 Å². The second-order valence-electron chi connectivity index (χ2n) is 7.19. The molecule has 0 spiro atoms. The predicted octanol–water partition coefficient (Wildman–Crippen LogP) is 3.13. The van der Waals surface area contributed by atoms with Gasteiger partial charge in [-0.05, 0) is 30.5 Å². The largest absolute Gasteiger partial charge is 0.496 e. The van der Waals surface area contributed by atoms with Crippen LogP contribution in [-0.2, 0) is 16.0 Å². The van der Waals surface area contributed by atoms with Crippen molar-refractivity contribution in [2.75, 3.05) is 40.0 Å². The van der Waals surface area contributed by atoms with Crippen molar-refractivity contribution >= 4 is 5.91 Å². The number of rotatable bonds is 8. The molecule has 0 aliphatic carbocycles. The van der Waals surface area contributed by atoms with Crippen LogP contribution < -0.4 is 10.1 Å². The quantitative estimate of drug-likeness (QED) is 0.762. The Kier molecular flexibility index (Phi) is 7.46. The van der Waals surface area contributed by atoms with E-state index in [2.05, 4.69) is 41.4 Å². The molecule has 1 fully saturated rings. The number of carbonyl (C=O) groups is 1. The SMILES string of the molecule is COc1ccccc1CCC(=O)NCC(c1ccc(C)cc1)N1CCOCC1. The first kappa shape index (κ1) is 20.4. The number of nitrogens with one attached hydrogen (secondary N) is 1. The second kappa shape index (κ2) is 10.2. The minimum absolute atomic E-state index is 0.0660. The van der Waals surface area contributed by atoms with Crippen molar-refractivity contribution < 1.29 is 14.3 Å². The van der Waals surface area contributed by atoms with Crippen LogP contribution in [0.25, 0.3) is 0 Å². The number of carbonyl (C=O) groups excluding carboxylic acids is 1. The summed E-state index contributed by atoms with van der Waals surface area (Å²) in [6.45, 7) is 5.94. The second-order valence-corrected chi connectivity index (χ2v) is 7.19. The molecule has 2 aromatic rings. The third kappa shape index (κ3) is 5.57. The first-order chi connectivity index (χ1) is 13.7. The molecular formula is C23H30N2O3. The molecule has 0 aromatic heterocycles. The van der Waals surface area contributed by atoms with Gasteiger partial charge in [0.15, 0.2) is 0 Å². The number of morpholine rings is 1. The van der Waals surface area contributed by atoms with Gasteiger partial charge in [-0.3, -0.25) is 9.69 Å². The van der Waals surface area contributed by atoms with Gasteiger partial charge in [0, 0.05) is 26.1 Å². The van der Waals surface area contributed by atoms with Gasteiger partial charge in [0.1, 0.15) is 5.75 Å². The first-order valence-electron chi connectivity index (χ1n) is 9.94. The fourth-order valence-electron chi connectivity index (χ4n) is 3.59. The van der Waals surface area contributed by atoms with E-state index in [-0.39, 0.29) is 11.9 Å². The molecule has 1 atom stereocenters. The van der Waals surface area contributed by atoms with Crippen LogP contribution in [0, 0.1) is 6.92 Å². The Labute approximate surface area is 167 Å². The Bertz CT molecular complexity index is 755. The average molecular weight is 383 g/mol. The van der Waals surface area contributed by atoms with E-state index in [1.165, 1.54) is 11.1 Å². The Morgan fingerprint density at radius 3 is 2.57 bits per heavy atom. The van der Waals surface area contributed by atoms with E-state index in [0.717, 1.165) is 37.6 Å². The molecule has 1 amide bonds. The van der Waals surface area contributed by atoms with Crippen molar-refractivity contribution in [3.05, 3.63) is 65.2 Å². The highest BCUT2D eigenvalue weighted by molar-refractivity contribution is 5.76. The zero-order valence-corrected chi connectivity index (χ0v) is 16.8. The summed E-state index contributed by atoms with van der Waals surface area (Å²) < 4.78 is 10.9. The smallest absolute Gasteiger partial charge is 0.220 e. The Balaban J connectivity index is 1.59. The van der Waals surface area contributed by atoms with E-state index >= 15 is 0 Å².